The van der Waals surface area contributed by atoms with E-state index in [0.29, 0.717) is 17.2 Å². The minimum atomic E-state index is 0.521. The summed E-state index contributed by atoms with van der Waals surface area (Å²) in [5, 5.41) is 0.585. The summed E-state index contributed by atoms with van der Waals surface area (Å²) >= 11 is 6.16. The quantitative estimate of drug-likeness (QED) is 0.770. The Labute approximate surface area is 114 Å². The molecule has 0 amide bonds. The molecule has 1 aromatic heterocycles. The summed E-state index contributed by atoms with van der Waals surface area (Å²) in [6.45, 7) is 8.56. The molecule has 0 radical (unpaired) electrons. The zero-order valence-electron chi connectivity index (χ0n) is 11.5. The Kier molecular flexibility index (Phi) is 4.07. The second-order valence-electron chi connectivity index (χ2n) is 5.09. The molecular weight excluding hydrogens is 248 g/mol. The van der Waals surface area contributed by atoms with Gasteiger partial charge in [0.05, 0.1) is 0 Å². The maximum absolute atomic E-state index is 6.16. The summed E-state index contributed by atoms with van der Waals surface area (Å²) in [4.78, 5) is 13.3. The molecule has 18 heavy (non-hydrogen) atoms. The number of nitrogens with zero attached hydrogens (tertiary/aromatic N) is 4. The van der Waals surface area contributed by atoms with E-state index in [1.807, 2.05) is 0 Å². The molecule has 100 valence electrons. The van der Waals surface area contributed by atoms with Crippen molar-refractivity contribution in [3.63, 3.8) is 0 Å². The van der Waals surface area contributed by atoms with Crippen LogP contribution in [0.25, 0.3) is 0 Å². The first kappa shape index (κ1) is 13.6. The Morgan fingerprint density at radius 3 is 2.44 bits per heavy atom. The lowest BCUT2D eigenvalue weighted by Crippen LogP contribution is -2.55. The average molecular weight is 269 g/mol. The molecule has 4 nitrogen and oxygen atoms in total. The van der Waals surface area contributed by atoms with E-state index >= 15 is 0 Å². The zero-order chi connectivity index (χ0) is 13.3. The molecular formula is C13H21ClN4. The van der Waals surface area contributed by atoms with Gasteiger partial charge in [0.2, 0.25) is 0 Å². The minimum Gasteiger partial charge on any atom is -0.353 e. The molecule has 5 heteroatoms. The highest BCUT2D eigenvalue weighted by molar-refractivity contribution is 6.30. The van der Waals surface area contributed by atoms with E-state index in [2.05, 4.69) is 47.6 Å². The van der Waals surface area contributed by atoms with Crippen LogP contribution in [0.5, 0.6) is 0 Å². The molecule has 1 aliphatic heterocycles. The summed E-state index contributed by atoms with van der Waals surface area (Å²) in [7, 11) is 2.18. The fourth-order valence-corrected chi connectivity index (χ4v) is 2.80. The van der Waals surface area contributed by atoms with Gasteiger partial charge in [-0.25, -0.2) is 9.97 Å². The van der Waals surface area contributed by atoms with Crippen molar-refractivity contribution in [3.05, 3.63) is 17.0 Å². The van der Waals surface area contributed by atoms with Gasteiger partial charge in [0, 0.05) is 30.7 Å². The van der Waals surface area contributed by atoms with E-state index in [1.165, 1.54) is 0 Å². The number of hydrogen-bond acceptors (Lipinski definition) is 4. The minimum absolute atomic E-state index is 0.521. The number of anilines is 1. The molecule has 2 heterocycles. The van der Waals surface area contributed by atoms with Crippen LogP contribution in [0.3, 0.4) is 0 Å². The highest BCUT2D eigenvalue weighted by atomic mass is 35.5. The second-order valence-corrected chi connectivity index (χ2v) is 5.45. The molecule has 0 aromatic carbocycles. The average Bonchev–Trinajstić information content (AvgIpc) is 2.35. The number of rotatable bonds is 2. The fourth-order valence-electron chi connectivity index (χ4n) is 2.54. The molecule has 0 bridgehead atoms. The third-order valence-corrected chi connectivity index (χ3v) is 4.21. The maximum atomic E-state index is 6.16. The molecule has 2 unspecified atom stereocenters. The predicted molar refractivity (Wildman–Crippen MR) is 75.3 cm³/mol. The van der Waals surface area contributed by atoms with Gasteiger partial charge >= 0.3 is 0 Å². The molecule has 2 atom stereocenters. The van der Waals surface area contributed by atoms with Gasteiger partial charge in [-0.15, -0.1) is 0 Å². The van der Waals surface area contributed by atoms with E-state index in [4.69, 9.17) is 11.6 Å². The summed E-state index contributed by atoms with van der Waals surface area (Å²) in [5.74, 6) is 1.00. The largest absolute Gasteiger partial charge is 0.353 e. The van der Waals surface area contributed by atoms with Gasteiger partial charge in [0.1, 0.15) is 17.3 Å². The molecule has 0 saturated carbocycles. The van der Waals surface area contributed by atoms with Gasteiger partial charge in [-0.05, 0) is 27.3 Å². The van der Waals surface area contributed by atoms with Crippen LogP contribution < -0.4 is 4.90 Å². The number of aromatic nitrogens is 2. The van der Waals surface area contributed by atoms with Crippen molar-refractivity contribution in [2.45, 2.75) is 39.3 Å². The van der Waals surface area contributed by atoms with Crippen molar-refractivity contribution < 1.29 is 0 Å². The van der Waals surface area contributed by atoms with Crippen LogP contribution in [0.4, 0.5) is 5.82 Å². The Balaban J connectivity index is 2.29. The number of piperazine rings is 1. The number of hydrogen-bond donors (Lipinski definition) is 0. The summed E-state index contributed by atoms with van der Waals surface area (Å²) in [5.41, 5.74) is 1.06. The molecule has 0 N–H and O–H groups in total. The lowest BCUT2D eigenvalue weighted by atomic mass is 10.1. The van der Waals surface area contributed by atoms with Crippen molar-refractivity contribution in [2.24, 2.45) is 0 Å². The topological polar surface area (TPSA) is 32.3 Å². The van der Waals surface area contributed by atoms with E-state index < -0.39 is 0 Å². The van der Waals surface area contributed by atoms with Crippen LogP contribution in [0, 0.1) is 0 Å². The van der Waals surface area contributed by atoms with Gasteiger partial charge < -0.3 is 4.90 Å². The highest BCUT2D eigenvalue weighted by Crippen LogP contribution is 2.26. The Hall–Kier alpha value is -0.870. The second kappa shape index (κ2) is 5.41. The number of halogens is 1. The maximum Gasteiger partial charge on any atom is 0.137 e. The first-order valence-electron chi connectivity index (χ1n) is 6.50. The van der Waals surface area contributed by atoms with E-state index in [-0.39, 0.29) is 0 Å². The summed E-state index contributed by atoms with van der Waals surface area (Å²) < 4.78 is 0. The van der Waals surface area contributed by atoms with Crippen molar-refractivity contribution in [2.75, 3.05) is 25.0 Å². The lowest BCUT2D eigenvalue weighted by molar-refractivity contribution is 0.169. The van der Waals surface area contributed by atoms with Gasteiger partial charge in [-0.2, -0.15) is 0 Å². The van der Waals surface area contributed by atoms with Crippen LogP contribution in [0.2, 0.25) is 5.15 Å². The molecule has 0 spiro atoms. The highest BCUT2D eigenvalue weighted by Gasteiger charge is 2.28. The normalized spacial score (nSPS) is 25.5. The lowest BCUT2D eigenvalue weighted by Gasteiger charge is -2.43. The van der Waals surface area contributed by atoms with Crippen molar-refractivity contribution in [1.29, 1.82) is 0 Å². The Bertz CT molecular complexity index is 411. The fraction of sp³-hybridized carbons (Fsp3) is 0.692. The van der Waals surface area contributed by atoms with Gasteiger partial charge in [0.25, 0.3) is 0 Å². The summed E-state index contributed by atoms with van der Waals surface area (Å²) in [6, 6.07) is 1.04. The van der Waals surface area contributed by atoms with Crippen LogP contribution in [0.1, 0.15) is 26.3 Å². The van der Waals surface area contributed by atoms with Crippen LogP contribution in [-0.4, -0.2) is 47.1 Å². The van der Waals surface area contributed by atoms with Crippen LogP contribution in [0.15, 0.2) is 6.33 Å². The summed E-state index contributed by atoms with van der Waals surface area (Å²) in [6.07, 6.45) is 2.43. The molecule has 2 rings (SSSR count). The molecule has 1 aliphatic rings. The van der Waals surface area contributed by atoms with Crippen LogP contribution >= 0.6 is 11.6 Å². The third-order valence-electron chi connectivity index (χ3n) is 3.88. The van der Waals surface area contributed by atoms with Gasteiger partial charge in [-0.3, -0.25) is 4.90 Å². The van der Waals surface area contributed by atoms with E-state index in [9.17, 15) is 0 Å². The van der Waals surface area contributed by atoms with Crippen molar-refractivity contribution >= 4 is 17.4 Å². The number of likely N-dealkylation sites (N-methyl/N-ethyl adjacent to an activating group) is 1. The molecule has 0 aliphatic carbocycles. The van der Waals surface area contributed by atoms with Gasteiger partial charge in [-0.1, -0.05) is 18.5 Å². The van der Waals surface area contributed by atoms with Crippen molar-refractivity contribution in [1.82, 2.24) is 14.9 Å². The monoisotopic (exact) mass is 268 g/mol. The van der Waals surface area contributed by atoms with E-state index in [0.717, 1.165) is 30.9 Å². The first-order chi connectivity index (χ1) is 8.54. The first-order valence-corrected chi connectivity index (χ1v) is 6.88. The molecule has 1 aromatic rings. The predicted octanol–water partition coefficient (Wildman–Crippen LogP) is 2.22. The zero-order valence-corrected chi connectivity index (χ0v) is 12.3. The smallest absolute Gasteiger partial charge is 0.137 e. The molecule has 1 fully saturated rings. The van der Waals surface area contributed by atoms with Gasteiger partial charge in [0.15, 0.2) is 0 Å². The standard InChI is InChI=1S/C13H21ClN4/c1-5-11-12(14)15-8-16-13(11)18-6-9(2)17(4)10(3)7-18/h8-10H,5-7H2,1-4H3. The van der Waals surface area contributed by atoms with Crippen LogP contribution in [-0.2, 0) is 6.42 Å². The third kappa shape index (κ3) is 2.45. The van der Waals surface area contributed by atoms with Crippen molar-refractivity contribution in [3.8, 4) is 0 Å². The van der Waals surface area contributed by atoms with E-state index in [1.54, 1.807) is 6.33 Å². The SMILES string of the molecule is CCc1c(Cl)ncnc1N1CC(C)N(C)C(C)C1. The Morgan fingerprint density at radius 2 is 1.89 bits per heavy atom. The Morgan fingerprint density at radius 1 is 1.28 bits per heavy atom. The molecule has 1 saturated heterocycles.